The predicted octanol–water partition coefficient (Wildman–Crippen LogP) is 2.82. The van der Waals surface area contributed by atoms with Crippen molar-refractivity contribution in [2.75, 3.05) is 26.2 Å². The Morgan fingerprint density at radius 2 is 1.92 bits per heavy atom. The van der Waals surface area contributed by atoms with E-state index in [1.54, 1.807) is 11.3 Å². The van der Waals surface area contributed by atoms with E-state index >= 15 is 0 Å². The molecule has 0 aliphatic carbocycles. The van der Waals surface area contributed by atoms with Gasteiger partial charge in [0.2, 0.25) is 0 Å². The normalized spacial score (nSPS) is 15.8. The first-order valence-electron chi connectivity index (χ1n) is 7.71. The molecule has 1 saturated heterocycles. The van der Waals surface area contributed by atoms with Crippen molar-refractivity contribution < 1.29 is 9.32 Å². The first-order valence-corrected chi connectivity index (χ1v) is 9.47. The molecule has 4 rings (SSSR count). The van der Waals surface area contributed by atoms with Crippen LogP contribution in [0.1, 0.15) is 15.5 Å². The molecule has 4 heterocycles. The van der Waals surface area contributed by atoms with E-state index in [0.717, 1.165) is 35.9 Å². The molecule has 124 valence electrons. The van der Waals surface area contributed by atoms with Crippen LogP contribution in [0.25, 0.3) is 10.8 Å². The number of carbonyl (C=O) groups is 1. The first-order chi connectivity index (χ1) is 11.8. The van der Waals surface area contributed by atoms with Crippen molar-refractivity contribution in [1.29, 1.82) is 0 Å². The highest BCUT2D eigenvalue weighted by Gasteiger charge is 2.23. The third kappa shape index (κ3) is 3.26. The van der Waals surface area contributed by atoms with Gasteiger partial charge in [-0.1, -0.05) is 17.3 Å². The minimum Gasteiger partial charge on any atom is -0.335 e. The van der Waals surface area contributed by atoms with Gasteiger partial charge in [0.25, 0.3) is 11.8 Å². The molecule has 3 aromatic heterocycles. The summed E-state index contributed by atoms with van der Waals surface area (Å²) in [5, 5.41) is 7.99. The van der Waals surface area contributed by atoms with Crippen LogP contribution in [0.2, 0.25) is 0 Å². The minimum atomic E-state index is 0.129. The maximum atomic E-state index is 12.3. The van der Waals surface area contributed by atoms with Crippen LogP contribution in [-0.2, 0) is 6.54 Å². The molecule has 0 spiro atoms. The van der Waals surface area contributed by atoms with E-state index in [9.17, 15) is 4.79 Å². The van der Waals surface area contributed by atoms with Gasteiger partial charge in [0.05, 0.1) is 16.3 Å². The molecule has 0 saturated carbocycles. The summed E-state index contributed by atoms with van der Waals surface area (Å²) < 4.78 is 5.32. The number of hydrogen-bond donors (Lipinski definition) is 0. The van der Waals surface area contributed by atoms with Crippen LogP contribution in [0.5, 0.6) is 0 Å². The molecule has 1 fully saturated rings. The fourth-order valence-corrected chi connectivity index (χ4v) is 4.02. The molecular formula is C16H16N4O2S2. The Morgan fingerprint density at radius 3 is 2.62 bits per heavy atom. The molecule has 6 nitrogen and oxygen atoms in total. The zero-order valence-electron chi connectivity index (χ0n) is 12.9. The minimum absolute atomic E-state index is 0.129. The molecule has 0 unspecified atom stereocenters. The summed E-state index contributed by atoms with van der Waals surface area (Å²) in [6, 6.07) is 7.73. The van der Waals surface area contributed by atoms with Gasteiger partial charge in [-0.3, -0.25) is 9.69 Å². The number of aromatic nitrogens is 2. The van der Waals surface area contributed by atoms with Crippen molar-refractivity contribution in [2.24, 2.45) is 0 Å². The Kier molecular flexibility index (Phi) is 4.42. The highest BCUT2D eigenvalue weighted by atomic mass is 32.1. The molecule has 0 bridgehead atoms. The molecule has 0 aromatic carbocycles. The topological polar surface area (TPSA) is 62.5 Å². The zero-order chi connectivity index (χ0) is 16.4. The summed E-state index contributed by atoms with van der Waals surface area (Å²) in [6.45, 7) is 3.74. The lowest BCUT2D eigenvalue weighted by atomic mass is 10.3. The van der Waals surface area contributed by atoms with Crippen LogP contribution in [-0.4, -0.2) is 52.0 Å². The predicted molar refractivity (Wildman–Crippen MR) is 93.1 cm³/mol. The maximum absolute atomic E-state index is 12.3. The molecule has 0 N–H and O–H groups in total. The van der Waals surface area contributed by atoms with Crippen LogP contribution in [0.4, 0.5) is 0 Å². The van der Waals surface area contributed by atoms with Crippen LogP contribution in [0.3, 0.4) is 0 Å². The summed E-state index contributed by atoms with van der Waals surface area (Å²) in [7, 11) is 0. The third-order valence-corrected chi connectivity index (χ3v) is 5.67. The van der Waals surface area contributed by atoms with E-state index in [0.29, 0.717) is 18.3 Å². The van der Waals surface area contributed by atoms with Crippen molar-refractivity contribution >= 4 is 28.6 Å². The molecule has 1 aliphatic rings. The number of piperazine rings is 1. The van der Waals surface area contributed by atoms with Gasteiger partial charge in [0.1, 0.15) is 0 Å². The van der Waals surface area contributed by atoms with Crippen LogP contribution >= 0.6 is 22.7 Å². The van der Waals surface area contributed by atoms with E-state index in [1.807, 2.05) is 39.9 Å². The molecule has 24 heavy (non-hydrogen) atoms. The quantitative estimate of drug-likeness (QED) is 0.716. The van der Waals surface area contributed by atoms with E-state index < -0.39 is 0 Å². The average molecular weight is 360 g/mol. The van der Waals surface area contributed by atoms with Crippen LogP contribution in [0.15, 0.2) is 39.5 Å². The van der Waals surface area contributed by atoms with Crippen molar-refractivity contribution in [3.8, 4) is 10.8 Å². The van der Waals surface area contributed by atoms with Gasteiger partial charge in [0.15, 0.2) is 5.82 Å². The smallest absolute Gasteiger partial charge is 0.268 e. The Balaban J connectivity index is 1.33. The summed E-state index contributed by atoms with van der Waals surface area (Å²) >= 11 is 3.08. The Hall–Kier alpha value is -2.03. The molecule has 8 heteroatoms. The molecular weight excluding hydrogens is 344 g/mol. The zero-order valence-corrected chi connectivity index (χ0v) is 14.6. The van der Waals surface area contributed by atoms with Crippen molar-refractivity contribution in [2.45, 2.75) is 6.54 Å². The van der Waals surface area contributed by atoms with E-state index in [2.05, 4.69) is 15.0 Å². The van der Waals surface area contributed by atoms with Crippen molar-refractivity contribution in [3.05, 3.63) is 45.7 Å². The largest absolute Gasteiger partial charge is 0.335 e. The monoisotopic (exact) mass is 360 g/mol. The molecule has 0 atom stereocenters. The fraction of sp³-hybridized carbons (Fsp3) is 0.312. The summed E-state index contributed by atoms with van der Waals surface area (Å²) in [6.07, 6.45) is 0. The van der Waals surface area contributed by atoms with E-state index in [1.165, 1.54) is 11.3 Å². The van der Waals surface area contributed by atoms with Crippen molar-refractivity contribution in [1.82, 2.24) is 19.9 Å². The van der Waals surface area contributed by atoms with Gasteiger partial charge in [-0.2, -0.15) is 4.98 Å². The number of carbonyl (C=O) groups excluding carboxylic acids is 1. The number of amides is 1. The standard InChI is InChI=1S/C16H16N4O2S2/c21-16(13-4-2-10-24-13)20-7-5-19(6-8-20)11-14-17-15(22-18-14)12-3-1-9-23-12/h1-4,9-10H,5-8,11H2. The SMILES string of the molecule is O=C(c1cccs1)N1CCN(Cc2noc(-c3cccs3)n2)CC1. The maximum Gasteiger partial charge on any atom is 0.268 e. The second-order valence-corrected chi connectivity index (χ2v) is 7.43. The first kappa shape index (κ1) is 15.5. The molecule has 1 amide bonds. The van der Waals surface area contributed by atoms with Gasteiger partial charge >= 0.3 is 0 Å². The lowest BCUT2D eigenvalue weighted by Gasteiger charge is -2.33. The fourth-order valence-electron chi connectivity index (χ4n) is 2.68. The van der Waals surface area contributed by atoms with Crippen LogP contribution < -0.4 is 0 Å². The van der Waals surface area contributed by atoms with Gasteiger partial charge in [-0.05, 0) is 22.9 Å². The highest BCUT2D eigenvalue weighted by Crippen LogP contribution is 2.23. The summed E-state index contributed by atoms with van der Waals surface area (Å²) in [4.78, 5) is 22.8. The van der Waals surface area contributed by atoms with Crippen molar-refractivity contribution in [3.63, 3.8) is 0 Å². The van der Waals surface area contributed by atoms with Gasteiger partial charge < -0.3 is 9.42 Å². The number of rotatable bonds is 4. The average Bonchev–Trinajstić information content (AvgIpc) is 3.36. The molecule has 0 radical (unpaired) electrons. The van der Waals surface area contributed by atoms with Gasteiger partial charge in [0, 0.05) is 26.2 Å². The Labute approximate surface area is 147 Å². The molecule has 1 aliphatic heterocycles. The molecule has 3 aromatic rings. The van der Waals surface area contributed by atoms with Gasteiger partial charge in [-0.15, -0.1) is 22.7 Å². The lowest BCUT2D eigenvalue weighted by molar-refractivity contribution is 0.0629. The second-order valence-electron chi connectivity index (χ2n) is 5.54. The second kappa shape index (κ2) is 6.84. The lowest BCUT2D eigenvalue weighted by Crippen LogP contribution is -2.48. The Morgan fingerprint density at radius 1 is 1.12 bits per heavy atom. The summed E-state index contributed by atoms with van der Waals surface area (Å²) in [5.74, 6) is 1.40. The van der Waals surface area contributed by atoms with E-state index in [4.69, 9.17) is 4.52 Å². The van der Waals surface area contributed by atoms with Crippen LogP contribution in [0, 0.1) is 0 Å². The number of nitrogens with zero attached hydrogens (tertiary/aromatic N) is 4. The third-order valence-electron chi connectivity index (χ3n) is 3.96. The van der Waals surface area contributed by atoms with E-state index in [-0.39, 0.29) is 5.91 Å². The number of thiophene rings is 2. The highest BCUT2D eigenvalue weighted by molar-refractivity contribution is 7.13. The number of hydrogen-bond acceptors (Lipinski definition) is 7. The Bertz CT molecular complexity index is 790. The van der Waals surface area contributed by atoms with Gasteiger partial charge in [-0.25, -0.2) is 0 Å². The summed E-state index contributed by atoms with van der Waals surface area (Å²) in [5.41, 5.74) is 0.